The van der Waals surface area contributed by atoms with Crippen molar-refractivity contribution in [3.63, 3.8) is 0 Å². The molecule has 94 valence electrons. The van der Waals surface area contributed by atoms with Gasteiger partial charge in [-0.2, -0.15) is 15.4 Å². The third-order valence-corrected chi connectivity index (χ3v) is 3.59. The molecule has 2 rings (SSSR count). The van der Waals surface area contributed by atoms with Crippen molar-refractivity contribution in [2.24, 2.45) is 0 Å². The van der Waals surface area contributed by atoms with E-state index in [1.807, 2.05) is 6.92 Å². The van der Waals surface area contributed by atoms with Gasteiger partial charge in [-0.15, -0.1) is 0 Å². The SMILES string of the molecule is CC(CS(C)=O)NC(=O)c1n[nH]nc1C1CC1. The van der Waals surface area contributed by atoms with Gasteiger partial charge < -0.3 is 5.32 Å². The Balaban J connectivity index is 1.99. The molecule has 1 amide bonds. The Morgan fingerprint density at radius 3 is 2.88 bits per heavy atom. The van der Waals surface area contributed by atoms with E-state index >= 15 is 0 Å². The third-order valence-electron chi connectivity index (χ3n) is 2.62. The minimum Gasteiger partial charge on any atom is -0.347 e. The summed E-state index contributed by atoms with van der Waals surface area (Å²) in [5, 5.41) is 13.2. The molecule has 1 aromatic heterocycles. The molecule has 2 atom stereocenters. The number of nitrogens with zero attached hydrogens (tertiary/aromatic N) is 2. The summed E-state index contributed by atoms with van der Waals surface area (Å²) in [5.41, 5.74) is 1.13. The fourth-order valence-electron chi connectivity index (χ4n) is 1.73. The Bertz CT molecular complexity index is 441. The molecule has 17 heavy (non-hydrogen) atoms. The van der Waals surface area contributed by atoms with Crippen molar-refractivity contribution in [1.29, 1.82) is 0 Å². The largest absolute Gasteiger partial charge is 0.347 e. The molecule has 7 heteroatoms. The Morgan fingerprint density at radius 1 is 1.59 bits per heavy atom. The molecule has 1 heterocycles. The van der Waals surface area contributed by atoms with Gasteiger partial charge in [0, 0.05) is 34.8 Å². The molecule has 1 aromatic rings. The maximum absolute atomic E-state index is 11.9. The van der Waals surface area contributed by atoms with Gasteiger partial charge in [0.1, 0.15) is 0 Å². The van der Waals surface area contributed by atoms with Gasteiger partial charge in [0.15, 0.2) is 5.69 Å². The average molecular weight is 256 g/mol. The number of rotatable bonds is 5. The fraction of sp³-hybridized carbons (Fsp3) is 0.700. The number of nitrogens with one attached hydrogen (secondary N) is 2. The van der Waals surface area contributed by atoms with E-state index in [9.17, 15) is 9.00 Å². The fourth-order valence-corrected chi connectivity index (χ4v) is 2.52. The molecule has 2 unspecified atom stereocenters. The molecule has 1 aliphatic carbocycles. The highest BCUT2D eigenvalue weighted by atomic mass is 32.2. The predicted molar refractivity (Wildman–Crippen MR) is 64.2 cm³/mol. The zero-order valence-corrected chi connectivity index (χ0v) is 10.7. The van der Waals surface area contributed by atoms with E-state index in [2.05, 4.69) is 20.7 Å². The van der Waals surface area contributed by atoms with Crippen molar-refractivity contribution < 1.29 is 9.00 Å². The van der Waals surface area contributed by atoms with E-state index < -0.39 is 10.8 Å². The van der Waals surface area contributed by atoms with Crippen LogP contribution in [0.15, 0.2) is 0 Å². The normalized spacial score (nSPS) is 18.7. The summed E-state index contributed by atoms with van der Waals surface area (Å²) < 4.78 is 11.0. The molecule has 0 radical (unpaired) electrons. The van der Waals surface area contributed by atoms with Crippen LogP contribution in [0.5, 0.6) is 0 Å². The molecule has 0 aliphatic heterocycles. The van der Waals surface area contributed by atoms with Crippen LogP contribution in [0.4, 0.5) is 0 Å². The first kappa shape index (κ1) is 12.2. The van der Waals surface area contributed by atoms with Crippen LogP contribution < -0.4 is 5.32 Å². The summed E-state index contributed by atoms with van der Waals surface area (Å²) in [6.45, 7) is 1.83. The van der Waals surface area contributed by atoms with Crippen LogP contribution in [0, 0.1) is 0 Å². The average Bonchev–Trinajstić information content (AvgIpc) is 2.94. The van der Waals surface area contributed by atoms with Gasteiger partial charge in [-0.1, -0.05) is 0 Å². The molecule has 1 saturated carbocycles. The lowest BCUT2D eigenvalue weighted by molar-refractivity contribution is 0.0937. The van der Waals surface area contributed by atoms with E-state index in [0.717, 1.165) is 18.5 Å². The summed E-state index contributed by atoms with van der Waals surface area (Å²) in [6, 6.07) is -0.128. The van der Waals surface area contributed by atoms with Crippen molar-refractivity contribution in [3.05, 3.63) is 11.4 Å². The summed E-state index contributed by atoms with van der Waals surface area (Å²) in [7, 11) is -0.919. The smallest absolute Gasteiger partial charge is 0.274 e. The molecule has 0 bridgehead atoms. The molecule has 6 nitrogen and oxygen atoms in total. The van der Waals surface area contributed by atoms with Gasteiger partial charge in [-0.25, -0.2) is 0 Å². The molecule has 0 aromatic carbocycles. The molecule has 1 aliphatic rings. The maximum atomic E-state index is 11.9. The van der Waals surface area contributed by atoms with Gasteiger partial charge in [0.05, 0.1) is 5.69 Å². The van der Waals surface area contributed by atoms with Crippen LogP contribution in [0.1, 0.15) is 41.9 Å². The zero-order chi connectivity index (χ0) is 12.4. The summed E-state index contributed by atoms with van der Waals surface area (Å²) in [4.78, 5) is 11.9. The number of carbonyl (C=O) groups excluding carboxylic acids is 1. The lowest BCUT2D eigenvalue weighted by atomic mass is 10.2. The molecule has 0 spiro atoms. The number of H-pyrrole nitrogens is 1. The van der Waals surface area contributed by atoms with Gasteiger partial charge in [-0.3, -0.25) is 9.00 Å². The highest BCUT2D eigenvalue weighted by molar-refractivity contribution is 7.84. The molecule has 1 fully saturated rings. The number of hydrogen-bond donors (Lipinski definition) is 2. The van der Waals surface area contributed by atoms with Crippen molar-refractivity contribution in [3.8, 4) is 0 Å². The number of hydrogen-bond acceptors (Lipinski definition) is 4. The van der Waals surface area contributed by atoms with Crippen LogP contribution >= 0.6 is 0 Å². The molecule has 2 N–H and O–H groups in total. The predicted octanol–water partition coefficient (Wildman–Crippen LogP) is 0.179. The minimum absolute atomic E-state index is 0.128. The topological polar surface area (TPSA) is 87.7 Å². The maximum Gasteiger partial charge on any atom is 0.274 e. The van der Waals surface area contributed by atoms with Crippen molar-refractivity contribution >= 4 is 16.7 Å². The van der Waals surface area contributed by atoms with E-state index in [-0.39, 0.29) is 11.9 Å². The summed E-state index contributed by atoms with van der Waals surface area (Å²) >= 11 is 0. The Morgan fingerprint density at radius 2 is 2.29 bits per heavy atom. The van der Waals surface area contributed by atoms with Crippen molar-refractivity contribution in [2.45, 2.75) is 31.7 Å². The zero-order valence-electron chi connectivity index (χ0n) is 9.90. The first-order valence-electron chi connectivity index (χ1n) is 5.59. The van der Waals surface area contributed by atoms with Crippen LogP contribution in [-0.2, 0) is 10.8 Å². The quantitative estimate of drug-likeness (QED) is 0.786. The van der Waals surface area contributed by atoms with E-state index in [1.54, 1.807) is 6.26 Å². The van der Waals surface area contributed by atoms with Crippen LogP contribution in [-0.4, -0.2) is 43.6 Å². The second kappa shape index (κ2) is 4.95. The number of aromatic amines is 1. The second-order valence-electron chi connectivity index (χ2n) is 4.45. The van der Waals surface area contributed by atoms with Crippen molar-refractivity contribution in [1.82, 2.24) is 20.7 Å². The minimum atomic E-state index is -0.919. The first-order chi connectivity index (χ1) is 8.08. The van der Waals surface area contributed by atoms with E-state index in [1.165, 1.54) is 0 Å². The second-order valence-corrected chi connectivity index (χ2v) is 5.93. The van der Waals surface area contributed by atoms with Gasteiger partial charge in [0.2, 0.25) is 0 Å². The van der Waals surface area contributed by atoms with Crippen LogP contribution in [0.3, 0.4) is 0 Å². The Hall–Kier alpha value is -1.24. The van der Waals surface area contributed by atoms with Crippen LogP contribution in [0.2, 0.25) is 0 Å². The number of aromatic nitrogens is 3. The Kier molecular flexibility index (Phi) is 3.56. The Labute approximate surface area is 102 Å². The van der Waals surface area contributed by atoms with E-state index in [4.69, 9.17) is 0 Å². The molecular weight excluding hydrogens is 240 g/mol. The summed E-state index contributed by atoms with van der Waals surface area (Å²) in [5.74, 6) is 0.589. The van der Waals surface area contributed by atoms with Crippen LogP contribution in [0.25, 0.3) is 0 Å². The lowest BCUT2D eigenvalue weighted by Gasteiger charge is -2.11. The van der Waals surface area contributed by atoms with Gasteiger partial charge >= 0.3 is 0 Å². The van der Waals surface area contributed by atoms with Crippen molar-refractivity contribution in [2.75, 3.05) is 12.0 Å². The monoisotopic (exact) mass is 256 g/mol. The highest BCUT2D eigenvalue weighted by Crippen LogP contribution is 2.39. The number of carbonyl (C=O) groups is 1. The first-order valence-corrected chi connectivity index (χ1v) is 7.32. The third kappa shape index (κ3) is 3.12. The van der Waals surface area contributed by atoms with E-state index in [0.29, 0.717) is 17.4 Å². The highest BCUT2D eigenvalue weighted by Gasteiger charge is 2.32. The van der Waals surface area contributed by atoms with Gasteiger partial charge in [0.25, 0.3) is 5.91 Å². The van der Waals surface area contributed by atoms with Gasteiger partial charge in [-0.05, 0) is 19.8 Å². The molecular formula is C10H16N4O2S. The summed E-state index contributed by atoms with van der Waals surface area (Å²) in [6.07, 6.45) is 3.76. The number of amides is 1. The standard InChI is InChI=1S/C10H16N4O2S/c1-6(5-17(2)16)11-10(15)9-8(7-3-4-7)12-14-13-9/h6-7H,3-5H2,1-2H3,(H,11,15)(H,12,13,14). The lowest BCUT2D eigenvalue weighted by Crippen LogP contribution is -2.36. The molecule has 0 saturated heterocycles.